The predicted octanol–water partition coefficient (Wildman–Crippen LogP) is 4.73. The van der Waals surface area contributed by atoms with Crippen molar-refractivity contribution in [2.75, 3.05) is 17.7 Å². The lowest BCUT2D eigenvalue weighted by Crippen LogP contribution is -2.26. The molecule has 0 aromatic heterocycles. The molecule has 5 heteroatoms. The van der Waals surface area contributed by atoms with Crippen LogP contribution in [0.5, 0.6) is 5.75 Å². The van der Waals surface area contributed by atoms with Crippen molar-refractivity contribution in [3.63, 3.8) is 0 Å². The van der Waals surface area contributed by atoms with Gasteiger partial charge in [-0.2, -0.15) is 0 Å². The van der Waals surface area contributed by atoms with E-state index >= 15 is 0 Å². The average molecular weight is 358 g/mol. The van der Waals surface area contributed by atoms with Crippen molar-refractivity contribution in [1.29, 1.82) is 0 Å². The SMILES string of the molecule is COc1ccc(NC(=O)C2CCCCC2)cc1NC(=O)C1CCCCC1. The van der Waals surface area contributed by atoms with E-state index < -0.39 is 0 Å². The van der Waals surface area contributed by atoms with Crippen LogP contribution in [-0.4, -0.2) is 18.9 Å². The Morgan fingerprint density at radius 3 is 1.92 bits per heavy atom. The fourth-order valence-corrected chi connectivity index (χ4v) is 4.09. The zero-order chi connectivity index (χ0) is 18.4. The minimum atomic E-state index is 0.0544. The van der Waals surface area contributed by atoms with Gasteiger partial charge in [0.15, 0.2) is 0 Å². The summed E-state index contributed by atoms with van der Waals surface area (Å²) in [5, 5.41) is 6.02. The summed E-state index contributed by atoms with van der Waals surface area (Å²) in [7, 11) is 1.59. The number of hydrogen-bond donors (Lipinski definition) is 2. The van der Waals surface area contributed by atoms with Crippen molar-refractivity contribution in [2.45, 2.75) is 64.2 Å². The number of rotatable bonds is 5. The first-order chi connectivity index (χ1) is 12.7. The van der Waals surface area contributed by atoms with Gasteiger partial charge in [-0.3, -0.25) is 9.59 Å². The Hall–Kier alpha value is -2.04. The second kappa shape index (κ2) is 9.06. The summed E-state index contributed by atoms with van der Waals surface area (Å²) in [4.78, 5) is 25.0. The van der Waals surface area contributed by atoms with E-state index in [1.165, 1.54) is 12.8 Å². The number of ether oxygens (including phenoxy) is 1. The van der Waals surface area contributed by atoms with E-state index in [1.54, 1.807) is 19.2 Å². The lowest BCUT2D eigenvalue weighted by Gasteiger charge is -2.22. The van der Waals surface area contributed by atoms with Gasteiger partial charge in [-0.1, -0.05) is 38.5 Å². The van der Waals surface area contributed by atoms with E-state index in [0.717, 1.165) is 51.4 Å². The van der Waals surface area contributed by atoms with Crippen LogP contribution in [0, 0.1) is 11.8 Å². The van der Waals surface area contributed by atoms with Crippen molar-refractivity contribution in [3.05, 3.63) is 18.2 Å². The van der Waals surface area contributed by atoms with Crippen LogP contribution in [0.3, 0.4) is 0 Å². The summed E-state index contributed by atoms with van der Waals surface area (Å²) in [6.07, 6.45) is 10.8. The highest BCUT2D eigenvalue weighted by Crippen LogP contribution is 2.31. The van der Waals surface area contributed by atoms with Crippen LogP contribution in [0.25, 0.3) is 0 Å². The molecular formula is C21H30N2O3. The van der Waals surface area contributed by atoms with Crippen LogP contribution in [0.1, 0.15) is 64.2 Å². The molecule has 2 saturated carbocycles. The number of amides is 2. The summed E-state index contributed by atoms with van der Waals surface area (Å²) in [5.74, 6) is 0.933. The van der Waals surface area contributed by atoms with Crippen molar-refractivity contribution in [1.82, 2.24) is 0 Å². The van der Waals surface area contributed by atoms with E-state index in [2.05, 4.69) is 10.6 Å². The van der Waals surface area contributed by atoms with Gasteiger partial charge in [-0.05, 0) is 43.9 Å². The summed E-state index contributed by atoms with van der Waals surface area (Å²) in [6, 6.07) is 5.43. The molecule has 0 atom stereocenters. The van der Waals surface area contributed by atoms with Gasteiger partial charge >= 0.3 is 0 Å². The molecule has 2 aliphatic carbocycles. The number of hydrogen-bond acceptors (Lipinski definition) is 3. The summed E-state index contributed by atoms with van der Waals surface area (Å²) >= 11 is 0. The van der Waals surface area contributed by atoms with Gasteiger partial charge in [0.1, 0.15) is 5.75 Å². The van der Waals surface area contributed by atoms with Gasteiger partial charge < -0.3 is 15.4 Å². The van der Waals surface area contributed by atoms with Gasteiger partial charge in [-0.15, -0.1) is 0 Å². The number of carbonyl (C=O) groups excluding carboxylic acids is 2. The molecule has 26 heavy (non-hydrogen) atoms. The van der Waals surface area contributed by atoms with E-state index in [9.17, 15) is 9.59 Å². The minimum absolute atomic E-state index is 0.0544. The van der Waals surface area contributed by atoms with Crippen LogP contribution in [-0.2, 0) is 9.59 Å². The Kier molecular flexibility index (Phi) is 6.53. The second-order valence-electron chi connectivity index (χ2n) is 7.56. The standard InChI is InChI=1S/C21H30N2O3/c1-26-19-13-12-17(22-20(24)15-8-4-2-5-9-15)14-18(19)23-21(25)16-10-6-3-7-11-16/h12-16H,2-11H2,1H3,(H,22,24)(H,23,25). The van der Waals surface area contributed by atoms with E-state index in [4.69, 9.17) is 4.74 Å². The zero-order valence-corrected chi connectivity index (χ0v) is 15.7. The molecule has 3 rings (SSSR count). The number of nitrogens with one attached hydrogen (secondary N) is 2. The van der Waals surface area contributed by atoms with Crippen LogP contribution < -0.4 is 15.4 Å². The fourth-order valence-electron chi connectivity index (χ4n) is 4.09. The molecule has 1 aromatic carbocycles. The highest BCUT2D eigenvalue weighted by atomic mass is 16.5. The number of methoxy groups -OCH3 is 1. The lowest BCUT2D eigenvalue weighted by molar-refractivity contribution is -0.121. The summed E-state index contributed by atoms with van der Waals surface area (Å²) in [5.41, 5.74) is 1.34. The molecule has 0 radical (unpaired) electrons. The number of anilines is 2. The molecular weight excluding hydrogens is 328 g/mol. The molecule has 0 saturated heterocycles. The molecule has 2 N–H and O–H groups in total. The molecule has 2 fully saturated rings. The van der Waals surface area contributed by atoms with Crippen molar-refractivity contribution in [3.8, 4) is 5.75 Å². The van der Waals surface area contributed by atoms with E-state index in [1.807, 2.05) is 6.07 Å². The monoisotopic (exact) mass is 358 g/mol. The molecule has 0 aliphatic heterocycles. The Morgan fingerprint density at radius 2 is 1.38 bits per heavy atom. The first-order valence-electron chi connectivity index (χ1n) is 9.97. The Balaban J connectivity index is 1.67. The van der Waals surface area contributed by atoms with Gasteiger partial charge in [0.25, 0.3) is 0 Å². The minimum Gasteiger partial charge on any atom is -0.495 e. The quantitative estimate of drug-likeness (QED) is 0.799. The molecule has 1 aromatic rings. The summed E-state index contributed by atoms with van der Waals surface area (Å²) in [6.45, 7) is 0. The second-order valence-corrected chi connectivity index (χ2v) is 7.56. The molecule has 0 unspecified atom stereocenters. The molecule has 2 amide bonds. The van der Waals surface area contributed by atoms with Crippen molar-refractivity contribution < 1.29 is 14.3 Å². The molecule has 0 bridgehead atoms. The van der Waals surface area contributed by atoms with Crippen LogP contribution in [0.4, 0.5) is 11.4 Å². The summed E-state index contributed by atoms with van der Waals surface area (Å²) < 4.78 is 5.38. The zero-order valence-electron chi connectivity index (χ0n) is 15.7. The maximum absolute atomic E-state index is 12.6. The maximum Gasteiger partial charge on any atom is 0.227 e. The first-order valence-corrected chi connectivity index (χ1v) is 9.97. The Morgan fingerprint density at radius 1 is 0.846 bits per heavy atom. The lowest BCUT2D eigenvalue weighted by atomic mass is 9.88. The van der Waals surface area contributed by atoms with Gasteiger partial charge in [-0.25, -0.2) is 0 Å². The van der Waals surface area contributed by atoms with Crippen LogP contribution >= 0.6 is 0 Å². The smallest absolute Gasteiger partial charge is 0.227 e. The Labute approximate surface area is 155 Å². The largest absolute Gasteiger partial charge is 0.495 e. The third kappa shape index (κ3) is 4.77. The average Bonchev–Trinajstić information content (AvgIpc) is 2.69. The van der Waals surface area contributed by atoms with Crippen LogP contribution in [0.15, 0.2) is 18.2 Å². The van der Waals surface area contributed by atoms with Gasteiger partial charge in [0.05, 0.1) is 12.8 Å². The number of benzene rings is 1. The highest BCUT2D eigenvalue weighted by Gasteiger charge is 2.23. The molecule has 0 spiro atoms. The Bertz CT molecular complexity index is 632. The maximum atomic E-state index is 12.6. The van der Waals surface area contributed by atoms with Gasteiger partial charge in [0.2, 0.25) is 11.8 Å². The third-order valence-electron chi connectivity index (χ3n) is 5.68. The highest BCUT2D eigenvalue weighted by molar-refractivity contribution is 5.97. The van der Waals surface area contributed by atoms with E-state index in [-0.39, 0.29) is 23.7 Å². The third-order valence-corrected chi connectivity index (χ3v) is 5.68. The van der Waals surface area contributed by atoms with E-state index in [0.29, 0.717) is 17.1 Å². The fraction of sp³-hybridized carbons (Fsp3) is 0.619. The van der Waals surface area contributed by atoms with Gasteiger partial charge in [0, 0.05) is 17.5 Å². The normalized spacial score (nSPS) is 19.0. The van der Waals surface area contributed by atoms with Crippen LogP contribution in [0.2, 0.25) is 0 Å². The molecule has 5 nitrogen and oxygen atoms in total. The topological polar surface area (TPSA) is 67.4 Å². The molecule has 0 heterocycles. The molecule has 142 valence electrons. The van der Waals surface area contributed by atoms with Crippen molar-refractivity contribution in [2.24, 2.45) is 11.8 Å². The van der Waals surface area contributed by atoms with Crippen molar-refractivity contribution >= 4 is 23.2 Å². The number of carbonyl (C=O) groups is 2. The first kappa shape index (κ1) is 18.7. The predicted molar refractivity (Wildman–Crippen MR) is 103 cm³/mol. The molecule has 2 aliphatic rings.